The van der Waals surface area contributed by atoms with Crippen LogP contribution in [0.1, 0.15) is 40.0 Å². The van der Waals surface area contributed by atoms with E-state index in [0.717, 1.165) is 0 Å². The van der Waals surface area contributed by atoms with Crippen LogP contribution in [-0.2, 0) is 4.74 Å². The topological polar surface area (TPSA) is 157 Å². The fourth-order valence-corrected chi connectivity index (χ4v) is 4.99. The number of epoxide rings is 1. The number of hydrogen-bond acceptors (Lipinski definition) is 9. The number of rotatable bonds is 3. The molecule has 1 saturated heterocycles. The van der Waals surface area contributed by atoms with E-state index < -0.39 is 41.5 Å². The number of ketones is 2. The monoisotopic (exact) mass is 399 g/mol. The Bertz CT molecular complexity index is 1070. The molecule has 1 saturated carbocycles. The van der Waals surface area contributed by atoms with Crippen LogP contribution in [0, 0.1) is 4.91 Å². The minimum absolute atomic E-state index is 0.0124. The molecule has 9 nitrogen and oxygen atoms in total. The molecule has 1 aromatic rings. The maximum Gasteiger partial charge on any atom is 0.201 e. The van der Waals surface area contributed by atoms with Crippen LogP contribution in [0.15, 0.2) is 45.9 Å². The zero-order valence-corrected chi connectivity index (χ0v) is 15.1. The molecule has 3 aliphatic carbocycles. The minimum atomic E-state index is -1.68. The fourth-order valence-electron chi connectivity index (χ4n) is 4.99. The van der Waals surface area contributed by atoms with Crippen LogP contribution >= 0.6 is 0 Å². The van der Waals surface area contributed by atoms with E-state index in [2.05, 4.69) is 5.18 Å². The third kappa shape index (κ3) is 2.14. The van der Waals surface area contributed by atoms with Crippen LogP contribution in [0.2, 0.25) is 0 Å². The van der Waals surface area contributed by atoms with Gasteiger partial charge in [0.2, 0.25) is 5.78 Å². The number of phenols is 1. The zero-order valence-electron chi connectivity index (χ0n) is 15.1. The Hall–Kier alpha value is -2.88. The van der Waals surface area contributed by atoms with Gasteiger partial charge in [-0.05, 0) is 18.9 Å². The molecule has 1 heterocycles. The van der Waals surface area contributed by atoms with Gasteiger partial charge in [0.25, 0.3) is 0 Å². The Labute approximate surface area is 163 Å². The first-order valence-electron chi connectivity index (χ1n) is 9.21. The quantitative estimate of drug-likeness (QED) is 0.434. The fraction of sp³-hybridized carbons (Fsp3) is 0.400. The number of ether oxygens (including phenoxy) is 1. The van der Waals surface area contributed by atoms with E-state index in [1.165, 1.54) is 18.2 Å². The third-order valence-corrected chi connectivity index (χ3v) is 6.49. The molecule has 150 valence electrons. The number of hydrogen-bond donors (Lipinski definition) is 4. The molecule has 29 heavy (non-hydrogen) atoms. The summed E-state index contributed by atoms with van der Waals surface area (Å²) in [7, 11) is 0. The van der Waals surface area contributed by atoms with Gasteiger partial charge in [-0.2, -0.15) is 4.91 Å². The predicted octanol–water partition coefficient (Wildman–Crippen LogP) is 1.07. The summed E-state index contributed by atoms with van der Waals surface area (Å²) in [6.07, 6.45) is -2.31. The number of nitroso groups, excluding NO2 is 1. The summed E-state index contributed by atoms with van der Waals surface area (Å²) in [5.74, 6) is -1.93. The summed E-state index contributed by atoms with van der Waals surface area (Å²) in [6, 6.07) is 4.16. The van der Waals surface area contributed by atoms with Crippen LogP contribution in [0.25, 0.3) is 0 Å². The third-order valence-electron chi connectivity index (χ3n) is 6.49. The zero-order chi connectivity index (χ0) is 20.7. The first kappa shape index (κ1) is 18.2. The lowest BCUT2D eigenvalue weighted by Crippen LogP contribution is -2.52. The largest absolute Gasteiger partial charge is 0.507 e. The number of benzene rings is 1. The summed E-state index contributed by atoms with van der Waals surface area (Å²) >= 11 is 0. The highest BCUT2D eigenvalue weighted by Crippen LogP contribution is 2.62. The summed E-state index contributed by atoms with van der Waals surface area (Å²) in [5, 5.41) is 44.6. The number of aliphatic hydroxyl groups is 3. The normalized spacial score (nSPS) is 33.5. The van der Waals surface area contributed by atoms with Crippen LogP contribution in [-0.4, -0.2) is 61.9 Å². The van der Waals surface area contributed by atoms with Gasteiger partial charge >= 0.3 is 0 Å². The molecule has 4 aliphatic rings. The van der Waals surface area contributed by atoms with E-state index in [9.17, 15) is 34.9 Å². The molecular weight excluding hydrogens is 382 g/mol. The Morgan fingerprint density at radius 1 is 1.24 bits per heavy atom. The Balaban J connectivity index is 1.62. The van der Waals surface area contributed by atoms with Crippen molar-refractivity contribution in [2.24, 2.45) is 5.18 Å². The molecule has 5 rings (SSSR count). The highest BCUT2D eigenvalue weighted by atomic mass is 16.6. The average Bonchev–Trinajstić information content (AvgIpc) is 3.38. The van der Waals surface area contributed by atoms with Crippen molar-refractivity contribution >= 4 is 11.6 Å². The lowest BCUT2D eigenvalue weighted by Gasteiger charge is -2.41. The minimum Gasteiger partial charge on any atom is -0.507 e. The van der Waals surface area contributed by atoms with E-state index >= 15 is 0 Å². The number of fused-ring (bicyclic) bond motifs is 2. The first-order valence-corrected chi connectivity index (χ1v) is 9.21. The van der Waals surface area contributed by atoms with Gasteiger partial charge < -0.3 is 25.2 Å². The van der Waals surface area contributed by atoms with Gasteiger partial charge in [0.05, 0.1) is 16.7 Å². The number of nitrogens with zero attached hydrogens (tertiary/aromatic N) is 1. The van der Waals surface area contributed by atoms with Crippen molar-refractivity contribution in [2.75, 3.05) is 6.54 Å². The molecule has 9 heteroatoms. The molecule has 1 aliphatic heterocycles. The number of aromatic hydroxyl groups is 1. The van der Waals surface area contributed by atoms with Crippen LogP contribution in [0.5, 0.6) is 5.75 Å². The number of Topliss-reactive ketones (excluding diaryl/α,β-unsaturated/α-hetero) is 2. The molecule has 4 atom stereocenters. The number of carbonyl (C=O) groups is 2. The van der Waals surface area contributed by atoms with E-state index in [1.54, 1.807) is 0 Å². The molecule has 0 amide bonds. The molecular formula is C20H17NO8. The average molecular weight is 399 g/mol. The summed E-state index contributed by atoms with van der Waals surface area (Å²) < 4.78 is 5.81. The second-order valence-corrected chi connectivity index (χ2v) is 7.97. The number of aliphatic hydroxyl groups excluding tert-OH is 2. The van der Waals surface area contributed by atoms with Crippen molar-refractivity contribution < 1.29 is 34.8 Å². The van der Waals surface area contributed by atoms with Gasteiger partial charge in [-0.25, -0.2) is 0 Å². The molecule has 3 unspecified atom stereocenters. The van der Waals surface area contributed by atoms with Crippen LogP contribution in [0.4, 0.5) is 0 Å². The van der Waals surface area contributed by atoms with Crippen molar-refractivity contribution in [3.63, 3.8) is 0 Å². The SMILES string of the molecule is O=NCC(O)[C@@]1(O)CCC2=C(O)C3=C(C(=O)c4cccc(O)c4C3=O)C3OC23C1. The molecule has 0 bridgehead atoms. The Morgan fingerprint density at radius 2 is 2.00 bits per heavy atom. The van der Waals surface area contributed by atoms with Crippen molar-refractivity contribution in [3.8, 4) is 5.75 Å². The molecule has 1 aromatic carbocycles. The second-order valence-electron chi connectivity index (χ2n) is 7.97. The Kier molecular flexibility index (Phi) is 3.50. The second kappa shape index (κ2) is 5.59. The summed E-state index contributed by atoms with van der Waals surface area (Å²) in [5.41, 5.74) is -2.85. The maximum atomic E-state index is 13.1. The smallest absolute Gasteiger partial charge is 0.201 e. The van der Waals surface area contributed by atoms with E-state index in [0.29, 0.717) is 5.57 Å². The predicted molar refractivity (Wildman–Crippen MR) is 96.5 cm³/mol. The van der Waals surface area contributed by atoms with Crippen LogP contribution < -0.4 is 0 Å². The van der Waals surface area contributed by atoms with Gasteiger partial charge in [-0.15, -0.1) is 0 Å². The molecule has 0 radical (unpaired) electrons. The van der Waals surface area contributed by atoms with Gasteiger partial charge in [0.1, 0.15) is 35.9 Å². The van der Waals surface area contributed by atoms with Crippen molar-refractivity contribution in [3.05, 3.63) is 56.7 Å². The van der Waals surface area contributed by atoms with E-state index in [4.69, 9.17) is 4.74 Å². The Morgan fingerprint density at radius 3 is 2.72 bits per heavy atom. The van der Waals surface area contributed by atoms with Crippen molar-refractivity contribution in [1.82, 2.24) is 0 Å². The lowest BCUT2D eigenvalue weighted by molar-refractivity contribution is -0.0993. The number of carbonyl (C=O) groups excluding carboxylic acids is 2. The van der Waals surface area contributed by atoms with Gasteiger partial charge in [-0.1, -0.05) is 17.3 Å². The highest BCUT2D eigenvalue weighted by Gasteiger charge is 2.71. The van der Waals surface area contributed by atoms with Crippen molar-refractivity contribution in [1.29, 1.82) is 0 Å². The van der Waals surface area contributed by atoms with Gasteiger partial charge in [0.15, 0.2) is 5.78 Å². The number of allylic oxidation sites excluding steroid dienone is 1. The van der Waals surface area contributed by atoms with Gasteiger partial charge in [-0.3, -0.25) is 9.59 Å². The highest BCUT2D eigenvalue weighted by molar-refractivity contribution is 6.30. The van der Waals surface area contributed by atoms with Gasteiger partial charge in [0, 0.05) is 23.1 Å². The first-order chi connectivity index (χ1) is 13.7. The maximum absolute atomic E-state index is 13.1. The molecule has 4 N–H and O–H groups in total. The van der Waals surface area contributed by atoms with E-state index in [-0.39, 0.29) is 53.0 Å². The molecule has 0 aromatic heterocycles. The number of phenolic OH excluding ortho intramolecular Hbond substituents is 1. The van der Waals surface area contributed by atoms with Crippen LogP contribution in [0.3, 0.4) is 0 Å². The molecule has 1 spiro atoms. The summed E-state index contributed by atoms with van der Waals surface area (Å²) in [4.78, 5) is 36.7. The summed E-state index contributed by atoms with van der Waals surface area (Å²) in [6.45, 7) is -0.500. The van der Waals surface area contributed by atoms with E-state index in [1.807, 2.05) is 0 Å². The lowest BCUT2D eigenvalue weighted by atomic mass is 9.65. The standard InChI is InChI=1S/C20H17NO8/c22-10-3-1-2-8-12(10)17(26)13-14(15(8)24)18-20(29-18)7-19(27,11(23)6-21-28)5-4-9(20)16(13)25/h1-3,11,18,22-23,25,27H,4-7H2/t11?,18?,19-,20?/m1/s1. The van der Waals surface area contributed by atoms with Crippen molar-refractivity contribution in [2.45, 2.75) is 42.7 Å². The molecule has 2 fully saturated rings.